The highest BCUT2D eigenvalue weighted by molar-refractivity contribution is 6.70. The summed E-state index contributed by atoms with van der Waals surface area (Å²) in [7, 11) is 0.549. The van der Waals surface area contributed by atoms with Gasteiger partial charge in [-0.25, -0.2) is 0 Å². The molecule has 0 N–H and O–H groups in total. The normalized spacial score (nSPS) is 30.8. The number of hydrogen-bond acceptors (Lipinski definition) is 3. The van der Waals surface area contributed by atoms with Crippen LogP contribution in [0.2, 0.25) is 12.1 Å². The van der Waals surface area contributed by atoms with E-state index in [9.17, 15) is 0 Å². The van der Waals surface area contributed by atoms with Gasteiger partial charge in [-0.3, -0.25) is 0 Å². The zero-order valence-electron chi connectivity index (χ0n) is 7.71. The Morgan fingerprint density at radius 1 is 1.08 bits per heavy atom. The van der Waals surface area contributed by atoms with Gasteiger partial charge in [0.15, 0.2) is 0 Å². The van der Waals surface area contributed by atoms with E-state index in [-0.39, 0.29) is 0 Å². The van der Waals surface area contributed by atoms with Crippen molar-refractivity contribution < 1.29 is 8.85 Å². The molecule has 0 amide bonds. The maximum absolute atomic E-state index is 5.85. The van der Waals surface area contributed by atoms with Crippen molar-refractivity contribution in [2.45, 2.75) is 18.5 Å². The Balaban J connectivity index is 1.86. The zero-order valence-corrected chi connectivity index (χ0v) is 8.71. The fourth-order valence-corrected chi connectivity index (χ4v) is 4.20. The van der Waals surface area contributed by atoms with Crippen LogP contribution in [0, 0.1) is 0 Å². The van der Waals surface area contributed by atoms with Gasteiger partial charge in [0, 0.05) is 26.3 Å². The smallest absolute Gasteiger partial charge is 0.338 e. The third-order valence-electron chi connectivity index (χ3n) is 2.79. The molecule has 0 radical (unpaired) electrons. The van der Waals surface area contributed by atoms with Crippen LogP contribution in [-0.2, 0) is 8.85 Å². The first-order chi connectivity index (χ1) is 5.81. The summed E-state index contributed by atoms with van der Waals surface area (Å²) in [5, 5.41) is 0. The van der Waals surface area contributed by atoms with Crippen molar-refractivity contribution >= 4 is 8.56 Å². The minimum absolute atomic E-state index is 0.878. The van der Waals surface area contributed by atoms with Crippen molar-refractivity contribution in [2.75, 3.05) is 33.4 Å². The lowest BCUT2D eigenvalue weighted by atomic mass is 10.5. The van der Waals surface area contributed by atoms with E-state index < -0.39 is 8.56 Å². The van der Waals surface area contributed by atoms with Crippen molar-refractivity contribution in [2.24, 2.45) is 0 Å². The summed E-state index contributed by atoms with van der Waals surface area (Å²) in [6.07, 6.45) is 1.32. The predicted molar refractivity (Wildman–Crippen MR) is 49.4 cm³/mol. The summed E-state index contributed by atoms with van der Waals surface area (Å²) < 4.78 is 11.7. The fourth-order valence-electron chi connectivity index (χ4n) is 1.68. The third-order valence-corrected chi connectivity index (χ3v) is 6.48. The monoisotopic (exact) mass is 187 g/mol. The van der Waals surface area contributed by atoms with Crippen LogP contribution in [-0.4, -0.2) is 46.8 Å². The summed E-state index contributed by atoms with van der Waals surface area (Å²) in [5.41, 5.74) is 0. The van der Waals surface area contributed by atoms with E-state index in [0.717, 1.165) is 26.3 Å². The molecule has 2 saturated heterocycles. The van der Waals surface area contributed by atoms with Crippen LogP contribution in [0.1, 0.15) is 6.42 Å². The Bertz CT molecular complexity index is 149. The SMILES string of the molecule is CN1CCO[Si]2(CCC2)OCC1. The molecule has 0 atom stereocenters. The molecule has 2 heterocycles. The Labute approximate surface area is 74.9 Å². The highest BCUT2D eigenvalue weighted by Gasteiger charge is 2.44. The summed E-state index contributed by atoms with van der Waals surface area (Å²) in [5.74, 6) is 0. The molecule has 2 aliphatic rings. The van der Waals surface area contributed by atoms with E-state index >= 15 is 0 Å². The molecule has 12 heavy (non-hydrogen) atoms. The Hall–Kier alpha value is 0.0969. The van der Waals surface area contributed by atoms with E-state index in [1.807, 2.05) is 0 Å². The van der Waals surface area contributed by atoms with Crippen LogP contribution in [0.5, 0.6) is 0 Å². The van der Waals surface area contributed by atoms with Crippen molar-refractivity contribution in [3.8, 4) is 0 Å². The lowest BCUT2D eigenvalue weighted by Crippen LogP contribution is -2.52. The lowest BCUT2D eigenvalue weighted by Gasteiger charge is -2.40. The van der Waals surface area contributed by atoms with Gasteiger partial charge in [0.1, 0.15) is 0 Å². The quantitative estimate of drug-likeness (QED) is 0.524. The minimum atomic E-state index is -1.57. The maximum Gasteiger partial charge on any atom is 0.338 e. The van der Waals surface area contributed by atoms with E-state index in [4.69, 9.17) is 8.85 Å². The van der Waals surface area contributed by atoms with Gasteiger partial charge < -0.3 is 13.8 Å². The first-order valence-electron chi connectivity index (χ1n) is 4.77. The Kier molecular flexibility index (Phi) is 2.50. The average molecular weight is 187 g/mol. The topological polar surface area (TPSA) is 21.7 Å². The molecule has 2 rings (SSSR count). The van der Waals surface area contributed by atoms with Crippen LogP contribution in [0.15, 0.2) is 0 Å². The molecule has 2 aliphatic heterocycles. The highest BCUT2D eigenvalue weighted by Crippen LogP contribution is 2.34. The van der Waals surface area contributed by atoms with Gasteiger partial charge in [-0.1, -0.05) is 0 Å². The minimum Gasteiger partial charge on any atom is -0.393 e. The van der Waals surface area contributed by atoms with E-state index in [1.165, 1.54) is 18.5 Å². The molecule has 0 aromatic carbocycles. The molecule has 3 nitrogen and oxygen atoms in total. The number of hydrogen-bond donors (Lipinski definition) is 0. The van der Waals surface area contributed by atoms with Crippen LogP contribution < -0.4 is 0 Å². The number of rotatable bonds is 0. The molecular formula is C8H17NO2Si. The Morgan fingerprint density at radius 3 is 2.08 bits per heavy atom. The van der Waals surface area contributed by atoms with Crippen molar-refractivity contribution in [1.82, 2.24) is 4.90 Å². The summed E-state index contributed by atoms with van der Waals surface area (Å²) in [6, 6.07) is 2.47. The van der Waals surface area contributed by atoms with Crippen molar-refractivity contribution in [1.29, 1.82) is 0 Å². The zero-order chi connectivity index (χ0) is 8.44. The van der Waals surface area contributed by atoms with Crippen molar-refractivity contribution in [3.05, 3.63) is 0 Å². The second kappa shape index (κ2) is 3.45. The first-order valence-corrected chi connectivity index (χ1v) is 7.00. The largest absolute Gasteiger partial charge is 0.393 e. The van der Waals surface area contributed by atoms with Gasteiger partial charge in [0.2, 0.25) is 0 Å². The molecule has 0 aromatic rings. The molecule has 1 spiro atoms. The second-order valence-electron chi connectivity index (χ2n) is 3.76. The number of nitrogens with zero attached hydrogens (tertiary/aromatic N) is 1. The summed E-state index contributed by atoms with van der Waals surface area (Å²) >= 11 is 0. The van der Waals surface area contributed by atoms with Crippen LogP contribution in [0.4, 0.5) is 0 Å². The molecular weight excluding hydrogens is 170 g/mol. The highest BCUT2D eigenvalue weighted by atomic mass is 28.4. The molecule has 70 valence electrons. The molecule has 0 saturated carbocycles. The molecule has 4 heteroatoms. The summed E-state index contributed by atoms with van der Waals surface area (Å²) in [6.45, 7) is 3.89. The fraction of sp³-hybridized carbons (Fsp3) is 1.00. The lowest BCUT2D eigenvalue weighted by molar-refractivity contribution is 0.0959. The molecule has 0 bridgehead atoms. The first kappa shape index (κ1) is 8.68. The van der Waals surface area contributed by atoms with Gasteiger partial charge in [0.25, 0.3) is 0 Å². The third kappa shape index (κ3) is 1.71. The summed E-state index contributed by atoms with van der Waals surface area (Å²) in [4.78, 5) is 2.26. The van der Waals surface area contributed by atoms with Gasteiger partial charge in [-0.2, -0.15) is 0 Å². The van der Waals surface area contributed by atoms with Gasteiger partial charge in [0.05, 0.1) is 0 Å². The standard InChI is InChI=1S/C8H17NO2Si/c1-9-3-5-10-12(7-2-8-12)11-6-4-9/h2-8H2,1H3. The van der Waals surface area contributed by atoms with Crippen LogP contribution in [0.3, 0.4) is 0 Å². The van der Waals surface area contributed by atoms with Gasteiger partial charge >= 0.3 is 8.56 Å². The van der Waals surface area contributed by atoms with Crippen LogP contribution >= 0.6 is 0 Å². The molecule has 0 aliphatic carbocycles. The van der Waals surface area contributed by atoms with Crippen molar-refractivity contribution in [3.63, 3.8) is 0 Å². The predicted octanol–water partition coefficient (Wildman–Crippen LogP) is 0.811. The molecule has 0 aromatic heterocycles. The van der Waals surface area contributed by atoms with Gasteiger partial charge in [-0.05, 0) is 25.6 Å². The average Bonchev–Trinajstić information content (AvgIpc) is 1.93. The van der Waals surface area contributed by atoms with Gasteiger partial charge in [-0.15, -0.1) is 0 Å². The second-order valence-corrected chi connectivity index (χ2v) is 7.16. The molecule has 2 fully saturated rings. The molecule has 0 unspecified atom stereocenters. The maximum atomic E-state index is 5.85. The Morgan fingerprint density at radius 2 is 1.67 bits per heavy atom. The van der Waals surface area contributed by atoms with E-state index in [1.54, 1.807) is 0 Å². The number of likely N-dealkylation sites (N-methyl/N-ethyl adjacent to an activating group) is 1. The van der Waals surface area contributed by atoms with Crippen LogP contribution in [0.25, 0.3) is 0 Å². The van der Waals surface area contributed by atoms with E-state index in [0.29, 0.717) is 0 Å². The van der Waals surface area contributed by atoms with E-state index in [2.05, 4.69) is 11.9 Å².